The van der Waals surface area contributed by atoms with E-state index in [2.05, 4.69) is 5.32 Å². The zero-order valence-corrected chi connectivity index (χ0v) is 27.3. The first kappa shape index (κ1) is 35.5. The maximum Gasteiger partial charge on any atom is 0.416 e. The predicted octanol–water partition coefficient (Wildman–Crippen LogP) is 8.53. The average Bonchev–Trinajstić information content (AvgIpc) is 3.09. The van der Waals surface area contributed by atoms with Gasteiger partial charge in [-0.3, -0.25) is 9.59 Å². The number of alkyl halides is 3. The summed E-state index contributed by atoms with van der Waals surface area (Å²) >= 11 is 5.96. The van der Waals surface area contributed by atoms with E-state index in [4.69, 9.17) is 21.1 Å². The first-order valence-electron chi connectivity index (χ1n) is 15.2. The fourth-order valence-corrected chi connectivity index (χ4v) is 5.25. The number of anilines is 2. The number of carboxylic acids is 1. The van der Waals surface area contributed by atoms with Crippen molar-refractivity contribution in [1.82, 2.24) is 0 Å². The van der Waals surface area contributed by atoms with Gasteiger partial charge in [0.15, 0.2) is 0 Å². The predicted molar refractivity (Wildman–Crippen MR) is 184 cm³/mol. The summed E-state index contributed by atoms with van der Waals surface area (Å²) < 4.78 is 51.1. The maximum atomic E-state index is 13.6. The van der Waals surface area contributed by atoms with Gasteiger partial charge >= 0.3 is 18.1 Å². The molecule has 12 heteroatoms. The van der Waals surface area contributed by atoms with E-state index in [9.17, 15) is 32.7 Å². The Labute approximate surface area is 290 Å². The van der Waals surface area contributed by atoms with E-state index >= 15 is 0 Å². The number of halogens is 4. The fourth-order valence-electron chi connectivity index (χ4n) is 5.13. The zero-order valence-electron chi connectivity index (χ0n) is 26.5. The van der Waals surface area contributed by atoms with Gasteiger partial charge in [-0.1, -0.05) is 54.1 Å². The number of esters is 1. The molecule has 0 unspecified atom stereocenters. The summed E-state index contributed by atoms with van der Waals surface area (Å²) in [4.78, 5) is 38.7. The van der Waals surface area contributed by atoms with Gasteiger partial charge in [0.1, 0.15) is 18.0 Å². The van der Waals surface area contributed by atoms with E-state index in [-0.39, 0.29) is 24.4 Å². The van der Waals surface area contributed by atoms with Crippen LogP contribution in [0, 0.1) is 0 Å². The molecule has 5 aromatic rings. The van der Waals surface area contributed by atoms with Gasteiger partial charge in [0.2, 0.25) is 5.91 Å². The highest BCUT2D eigenvalue weighted by Crippen LogP contribution is 2.35. The van der Waals surface area contributed by atoms with Crippen molar-refractivity contribution in [2.75, 3.05) is 23.9 Å². The lowest BCUT2D eigenvalue weighted by atomic mass is 10.0. The Kier molecular flexibility index (Phi) is 11.1. The summed E-state index contributed by atoms with van der Waals surface area (Å²) in [5.74, 6) is -1.94. The van der Waals surface area contributed by atoms with Crippen molar-refractivity contribution >= 4 is 40.8 Å². The minimum atomic E-state index is -4.67. The van der Waals surface area contributed by atoms with Gasteiger partial charge in [-0.25, -0.2) is 4.79 Å². The largest absolute Gasteiger partial charge is 0.497 e. The van der Waals surface area contributed by atoms with Crippen LogP contribution in [0.5, 0.6) is 11.5 Å². The van der Waals surface area contributed by atoms with Crippen LogP contribution in [0.1, 0.15) is 27.0 Å². The highest BCUT2D eigenvalue weighted by molar-refractivity contribution is 6.30. The van der Waals surface area contributed by atoms with E-state index in [1.165, 1.54) is 31.4 Å². The van der Waals surface area contributed by atoms with E-state index in [1.807, 2.05) is 24.3 Å². The Morgan fingerprint density at radius 2 is 1.40 bits per heavy atom. The van der Waals surface area contributed by atoms with Crippen molar-refractivity contribution in [3.63, 3.8) is 0 Å². The van der Waals surface area contributed by atoms with Crippen molar-refractivity contribution in [2.24, 2.45) is 0 Å². The normalized spacial score (nSPS) is 11.1. The van der Waals surface area contributed by atoms with Crippen molar-refractivity contribution in [2.45, 2.75) is 19.1 Å². The van der Waals surface area contributed by atoms with Crippen LogP contribution in [0.3, 0.4) is 0 Å². The van der Waals surface area contributed by atoms with Gasteiger partial charge < -0.3 is 24.8 Å². The quantitative estimate of drug-likeness (QED) is 0.0992. The minimum absolute atomic E-state index is 0.0236. The molecular formula is C38H30ClF3N2O6. The molecule has 0 aliphatic carbocycles. The molecule has 0 radical (unpaired) electrons. The average molecular weight is 703 g/mol. The number of hydrogen-bond acceptors (Lipinski definition) is 6. The molecule has 0 atom stereocenters. The Bertz CT molecular complexity index is 1970. The Balaban J connectivity index is 1.20. The van der Waals surface area contributed by atoms with E-state index in [1.54, 1.807) is 65.6 Å². The smallest absolute Gasteiger partial charge is 0.416 e. The van der Waals surface area contributed by atoms with Crippen molar-refractivity contribution in [3.8, 4) is 22.6 Å². The second kappa shape index (κ2) is 15.6. The van der Waals surface area contributed by atoms with Crippen molar-refractivity contribution in [3.05, 3.63) is 143 Å². The van der Waals surface area contributed by atoms with E-state index in [0.717, 1.165) is 22.8 Å². The van der Waals surface area contributed by atoms with Crippen LogP contribution in [0.25, 0.3) is 11.1 Å². The third-order valence-electron chi connectivity index (χ3n) is 7.62. The molecule has 0 aromatic heterocycles. The van der Waals surface area contributed by atoms with Crippen LogP contribution in [-0.4, -0.2) is 36.6 Å². The first-order valence-corrected chi connectivity index (χ1v) is 15.5. The van der Waals surface area contributed by atoms with Gasteiger partial charge in [-0.15, -0.1) is 0 Å². The lowest BCUT2D eigenvalue weighted by Crippen LogP contribution is -2.29. The van der Waals surface area contributed by atoms with Crippen molar-refractivity contribution < 1.29 is 42.1 Å². The lowest BCUT2D eigenvalue weighted by molar-refractivity contribution is -0.138. The molecule has 0 aliphatic heterocycles. The number of hydrogen-bond donors (Lipinski definition) is 2. The van der Waals surface area contributed by atoms with E-state index in [0.29, 0.717) is 27.7 Å². The van der Waals surface area contributed by atoms with Crippen LogP contribution in [-0.2, 0) is 28.7 Å². The summed E-state index contributed by atoms with van der Waals surface area (Å²) in [6, 6.07) is 30.6. The number of nitrogens with zero attached hydrogens (tertiary/aromatic N) is 1. The second-order valence-corrected chi connectivity index (χ2v) is 11.6. The molecule has 0 fully saturated rings. The molecule has 5 aromatic carbocycles. The van der Waals surface area contributed by atoms with Gasteiger partial charge in [-0.2, -0.15) is 13.2 Å². The highest BCUT2D eigenvalue weighted by atomic mass is 35.5. The third-order valence-corrected chi connectivity index (χ3v) is 7.87. The number of nitrogens with one attached hydrogen (secondary N) is 1. The molecule has 1 amide bonds. The maximum absolute atomic E-state index is 13.6. The summed E-state index contributed by atoms with van der Waals surface area (Å²) in [6.45, 7) is -0.151. The minimum Gasteiger partial charge on any atom is -0.497 e. The Morgan fingerprint density at radius 3 is 1.98 bits per heavy atom. The van der Waals surface area contributed by atoms with Gasteiger partial charge in [0, 0.05) is 22.9 Å². The molecule has 0 bridgehead atoms. The van der Waals surface area contributed by atoms with Gasteiger partial charge in [0.25, 0.3) is 0 Å². The number of carbonyl (C=O) groups is 3. The monoisotopic (exact) mass is 702 g/mol. The van der Waals surface area contributed by atoms with Gasteiger partial charge in [0.05, 0.1) is 24.7 Å². The second-order valence-electron chi connectivity index (χ2n) is 11.2. The number of rotatable bonds is 12. The summed E-state index contributed by atoms with van der Waals surface area (Å²) in [5.41, 5.74) is 2.65. The third kappa shape index (κ3) is 9.42. The number of amides is 1. The molecule has 0 saturated heterocycles. The molecule has 8 nitrogen and oxygen atoms in total. The summed E-state index contributed by atoms with van der Waals surface area (Å²) in [5, 5.41) is 12.8. The number of carboxylic acid groups (broad SMARTS) is 1. The van der Waals surface area contributed by atoms with Crippen LogP contribution in [0.15, 0.2) is 115 Å². The fraction of sp³-hybridized carbons (Fsp3) is 0.132. The van der Waals surface area contributed by atoms with Gasteiger partial charge in [-0.05, 0) is 95.1 Å². The number of benzene rings is 5. The van der Waals surface area contributed by atoms with Crippen LogP contribution in [0.2, 0.25) is 5.02 Å². The van der Waals surface area contributed by atoms with Crippen LogP contribution < -0.4 is 19.7 Å². The molecule has 0 aliphatic rings. The molecular weight excluding hydrogens is 673 g/mol. The first-order chi connectivity index (χ1) is 23.9. The topological polar surface area (TPSA) is 105 Å². The van der Waals surface area contributed by atoms with Crippen molar-refractivity contribution in [1.29, 1.82) is 0 Å². The SMILES string of the molecule is COc1ccc(CC(=O)Nc2ccc(N(CC(=O)O)Cc3ccc(OC(=O)c4ccc(-c5ccc(Cl)cc5)cc4)cc3)cc2)c(C(F)(F)F)c1. The number of carbonyl (C=O) groups excluding carboxylic acids is 2. The standard InChI is InChI=1S/C38H30ClF3N2O6/c1-49-33-19-10-28(34(21-33)38(40,41)42)20-35(45)43-30-13-15-31(16-14-30)44(23-36(46)47)22-24-2-17-32(18-3-24)50-37(48)27-6-4-25(5-7-27)26-8-11-29(39)12-9-26/h2-19,21H,20,22-23H2,1H3,(H,43,45)(H,46,47). The number of aliphatic carboxylic acids is 1. The molecule has 0 spiro atoms. The lowest BCUT2D eigenvalue weighted by Gasteiger charge is -2.23. The Morgan fingerprint density at radius 1 is 0.800 bits per heavy atom. The number of ether oxygens (including phenoxy) is 2. The van der Waals surface area contributed by atoms with Crippen LogP contribution >= 0.6 is 11.6 Å². The van der Waals surface area contributed by atoms with E-state index < -0.39 is 36.0 Å². The molecule has 0 saturated carbocycles. The molecule has 2 N–H and O–H groups in total. The van der Waals surface area contributed by atoms with Crippen LogP contribution in [0.4, 0.5) is 24.5 Å². The summed E-state index contributed by atoms with van der Waals surface area (Å²) in [7, 11) is 1.25. The Hall–Kier alpha value is -5.81. The molecule has 0 heterocycles. The summed E-state index contributed by atoms with van der Waals surface area (Å²) in [6.07, 6.45) is -5.19. The molecule has 50 heavy (non-hydrogen) atoms. The highest BCUT2D eigenvalue weighted by Gasteiger charge is 2.34. The number of methoxy groups -OCH3 is 1. The molecule has 256 valence electrons. The zero-order chi connectivity index (χ0) is 35.8. The molecule has 5 rings (SSSR count).